The van der Waals surface area contributed by atoms with E-state index in [2.05, 4.69) is 34.0 Å². The molecule has 1 aromatic carbocycles. The molecule has 4 heteroatoms. The quantitative estimate of drug-likeness (QED) is 0.749. The van der Waals surface area contributed by atoms with E-state index < -0.39 is 0 Å². The van der Waals surface area contributed by atoms with Crippen LogP contribution in [-0.2, 0) is 6.42 Å². The van der Waals surface area contributed by atoms with Crippen LogP contribution in [-0.4, -0.2) is 26.2 Å². The fraction of sp³-hybridized carbons (Fsp3) is 0.375. The lowest BCUT2D eigenvalue weighted by Gasteiger charge is -2.23. The molecule has 0 saturated carbocycles. The molecule has 0 saturated heterocycles. The van der Waals surface area contributed by atoms with Crippen LogP contribution in [0.15, 0.2) is 41.1 Å². The Kier molecular flexibility index (Phi) is 6.02. The maximum absolute atomic E-state index is 13.7. The van der Waals surface area contributed by atoms with E-state index in [0.717, 1.165) is 32.6 Å². The number of benzene rings is 1. The molecule has 2 nitrogen and oxygen atoms in total. The second-order valence-electron chi connectivity index (χ2n) is 4.66. The molecule has 1 N–H and O–H groups in total. The van der Waals surface area contributed by atoms with E-state index in [1.165, 1.54) is 11.6 Å². The highest BCUT2D eigenvalue weighted by Crippen LogP contribution is 2.17. The van der Waals surface area contributed by atoms with Crippen molar-refractivity contribution in [3.05, 3.63) is 52.5 Å². The Morgan fingerprint density at radius 3 is 2.75 bits per heavy atom. The monoisotopic (exact) mass is 292 g/mol. The summed E-state index contributed by atoms with van der Waals surface area (Å²) >= 11 is 1.73. The van der Waals surface area contributed by atoms with Gasteiger partial charge in [0.15, 0.2) is 0 Å². The molecule has 2 rings (SSSR count). The maximum Gasteiger partial charge on any atom is 0.146 e. The van der Waals surface area contributed by atoms with Gasteiger partial charge in [-0.15, -0.1) is 0 Å². The Hall–Kier alpha value is -1.39. The fourth-order valence-electron chi connectivity index (χ4n) is 2.16. The number of halogens is 1. The number of nitrogens with zero attached hydrogens (tertiary/aromatic N) is 1. The first-order chi connectivity index (χ1) is 9.81. The lowest BCUT2D eigenvalue weighted by molar-refractivity contribution is 0.609. The Morgan fingerprint density at radius 1 is 1.20 bits per heavy atom. The van der Waals surface area contributed by atoms with Gasteiger partial charge in [-0.25, -0.2) is 4.39 Å². The SMILES string of the molecule is CCN(CCNCCc1ccsc1)c1ccccc1F. The lowest BCUT2D eigenvalue weighted by atomic mass is 10.2. The number of hydrogen-bond donors (Lipinski definition) is 1. The van der Waals surface area contributed by atoms with E-state index in [9.17, 15) is 4.39 Å². The number of hydrogen-bond acceptors (Lipinski definition) is 3. The Morgan fingerprint density at radius 2 is 2.05 bits per heavy atom. The number of thiophene rings is 1. The number of para-hydroxylation sites is 1. The summed E-state index contributed by atoms with van der Waals surface area (Å²) in [4.78, 5) is 2.06. The molecule has 0 spiro atoms. The van der Waals surface area contributed by atoms with Crippen LogP contribution in [0.2, 0.25) is 0 Å². The molecule has 0 aliphatic carbocycles. The molecule has 0 aliphatic rings. The highest BCUT2D eigenvalue weighted by molar-refractivity contribution is 7.07. The van der Waals surface area contributed by atoms with Crippen LogP contribution in [0, 0.1) is 5.82 Å². The number of nitrogens with one attached hydrogen (secondary N) is 1. The molecule has 0 fully saturated rings. The van der Waals surface area contributed by atoms with E-state index in [1.54, 1.807) is 17.4 Å². The third-order valence-corrected chi connectivity index (χ3v) is 4.04. The highest BCUT2D eigenvalue weighted by atomic mass is 32.1. The van der Waals surface area contributed by atoms with Gasteiger partial charge in [-0.1, -0.05) is 12.1 Å². The van der Waals surface area contributed by atoms with Gasteiger partial charge in [0.2, 0.25) is 0 Å². The average molecular weight is 292 g/mol. The van der Waals surface area contributed by atoms with Crippen LogP contribution < -0.4 is 10.2 Å². The Bertz CT molecular complexity index is 499. The van der Waals surface area contributed by atoms with Crippen molar-refractivity contribution in [2.45, 2.75) is 13.3 Å². The van der Waals surface area contributed by atoms with Crippen molar-refractivity contribution < 1.29 is 4.39 Å². The molecule has 0 amide bonds. The molecule has 2 aromatic rings. The molecule has 1 heterocycles. The van der Waals surface area contributed by atoms with Gasteiger partial charge in [-0.3, -0.25) is 0 Å². The third kappa shape index (κ3) is 4.32. The van der Waals surface area contributed by atoms with Crippen molar-refractivity contribution >= 4 is 17.0 Å². The average Bonchev–Trinajstić information content (AvgIpc) is 2.97. The molecule has 0 aliphatic heterocycles. The normalized spacial score (nSPS) is 10.7. The minimum absolute atomic E-state index is 0.146. The second-order valence-corrected chi connectivity index (χ2v) is 5.44. The highest BCUT2D eigenvalue weighted by Gasteiger charge is 2.08. The van der Waals surface area contributed by atoms with Crippen molar-refractivity contribution in [2.24, 2.45) is 0 Å². The molecule has 108 valence electrons. The zero-order chi connectivity index (χ0) is 14.2. The van der Waals surface area contributed by atoms with Crippen LogP contribution in [0.4, 0.5) is 10.1 Å². The molecule has 1 aromatic heterocycles. The largest absolute Gasteiger partial charge is 0.368 e. The zero-order valence-electron chi connectivity index (χ0n) is 11.8. The first kappa shape index (κ1) is 15.0. The maximum atomic E-state index is 13.7. The third-order valence-electron chi connectivity index (χ3n) is 3.30. The van der Waals surface area contributed by atoms with Crippen LogP contribution >= 0.6 is 11.3 Å². The molecular formula is C16H21FN2S. The number of rotatable bonds is 8. The summed E-state index contributed by atoms with van der Waals surface area (Å²) in [6.45, 7) is 5.52. The summed E-state index contributed by atoms with van der Waals surface area (Å²) in [5.74, 6) is -0.146. The zero-order valence-corrected chi connectivity index (χ0v) is 12.6. The fourth-order valence-corrected chi connectivity index (χ4v) is 2.87. The summed E-state index contributed by atoms with van der Waals surface area (Å²) < 4.78 is 13.7. The molecule has 0 unspecified atom stereocenters. The van der Waals surface area contributed by atoms with Crippen molar-refractivity contribution in [2.75, 3.05) is 31.1 Å². The molecular weight excluding hydrogens is 271 g/mol. The van der Waals surface area contributed by atoms with E-state index in [1.807, 2.05) is 12.1 Å². The van der Waals surface area contributed by atoms with Gasteiger partial charge in [0.25, 0.3) is 0 Å². The predicted octanol–water partition coefficient (Wildman–Crippen LogP) is 3.55. The summed E-state index contributed by atoms with van der Waals surface area (Å²) in [6, 6.07) is 9.12. The predicted molar refractivity (Wildman–Crippen MR) is 85.2 cm³/mol. The van der Waals surface area contributed by atoms with Gasteiger partial charge in [0.1, 0.15) is 5.82 Å². The Balaban J connectivity index is 1.73. The molecule has 20 heavy (non-hydrogen) atoms. The summed E-state index contributed by atoms with van der Waals surface area (Å²) in [5, 5.41) is 7.70. The van der Waals surface area contributed by atoms with E-state index in [-0.39, 0.29) is 5.82 Å². The molecule has 0 bridgehead atoms. The smallest absolute Gasteiger partial charge is 0.146 e. The number of anilines is 1. The molecule has 0 atom stereocenters. The van der Waals surface area contributed by atoms with Crippen LogP contribution in [0.25, 0.3) is 0 Å². The van der Waals surface area contributed by atoms with E-state index >= 15 is 0 Å². The van der Waals surface area contributed by atoms with Crippen LogP contribution in [0.1, 0.15) is 12.5 Å². The molecule has 0 radical (unpaired) electrons. The van der Waals surface area contributed by atoms with Gasteiger partial charge < -0.3 is 10.2 Å². The number of likely N-dealkylation sites (N-methyl/N-ethyl adjacent to an activating group) is 1. The summed E-state index contributed by atoms with van der Waals surface area (Å²) in [5.41, 5.74) is 2.07. The topological polar surface area (TPSA) is 15.3 Å². The van der Waals surface area contributed by atoms with Crippen molar-refractivity contribution in [3.8, 4) is 0 Å². The Labute approximate surface area is 124 Å². The first-order valence-electron chi connectivity index (χ1n) is 7.02. The van der Waals surface area contributed by atoms with Gasteiger partial charge in [0.05, 0.1) is 5.69 Å². The summed E-state index contributed by atoms with van der Waals surface area (Å²) in [7, 11) is 0. The van der Waals surface area contributed by atoms with Gasteiger partial charge >= 0.3 is 0 Å². The summed E-state index contributed by atoms with van der Waals surface area (Å²) in [6.07, 6.45) is 1.05. The second kappa shape index (κ2) is 8.02. The first-order valence-corrected chi connectivity index (χ1v) is 7.97. The van der Waals surface area contributed by atoms with Gasteiger partial charge in [0, 0.05) is 19.6 Å². The minimum Gasteiger partial charge on any atom is -0.368 e. The van der Waals surface area contributed by atoms with Crippen molar-refractivity contribution in [3.63, 3.8) is 0 Å². The lowest BCUT2D eigenvalue weighted by Crippen LogP contribution is -2.33. The van der Waals surface area contributed by atoms with E-state index in [0.29, 0.717) is 5.69 Å². The standard InChI is InChI=1S/C16H21FN2S/c1-2-19(16-6-4-3-5-15(16)17)11-10-18-9-7-14-8-12-20-13-14/h3-6,8,12-13,18H,2,7,9-11H2,1H3. The van der Waals surface area contributed by atoms with E-state index in [4.69, 9.17) is 0 Å². The van der Waals surface area contributed by atoms with Crippen LogP contribution in [0.5, 0.6) is 0 Å². The van der Waals surface area contributed by atoms with Gasteiger partial charge in [-0.05, 0) is 54.4 Å². The van der Waals surface area contributed by atoms with Crippen molar-refractivity contribution in [1.29, 1.82) is 0 Å². The van der Waals surface area contributed by atoms with Crippen molar-refractivity contribution in [1.82, 2.24) is 5.32 Å². The van der Waals surface area contributed by atoms with Gasteiger partial charge in [-0.2, -0.15) is 11.3 Å². The minimum atomic E-state index is -0.146. The van der Waals surface area contributed by atoms with Crippen LogP contribution in [0.3, 0.4) is 0 Å².